The van der Waals surface area contributed by atoms with Crippen LogP contribution in [0.4, 0.5) is 0 Å². The van der Waals surface area contributed by atoms with Gasteiger partial charge in [0, 0.05) is 32.3 Å². The number of rotatable bonds is 17. The molecule has 434 valence electrons. The molecule has 10 heterocycles. The summed E-state index contributed by atoms with van der Waals surface area (Å²) in [5.41, 5.74) is -28.2. The number of amides is 2. The Morgan fingerprint density at radius 2 is 0.921 bits per heavy atom. The number of aliphatic hydroxyl groups is 6. The smallest absolute Gasteiger partial charge is 0.365 e. The lowest BCUT2D eigenvalue weighted by atomic mass is 9.33. The van der Waals surface area contributed by atoms with Gasteiger partial charge in [0.25, 0.3) is 5.79 Å². The van der Waals surface area contributed by atoms with Gasteiger partial charge in [0.15, 0.2) is 0 Å². The number of fused-ring (bicyclic) bond motifs is 8. The number of carboxylic acid groups (broad SMARTS) is 2. The molecule has 0 spiro atoms. The molecule has 10 saturated heterocycles. The van der Waals surface area contributed by atoms with Gasteiger partial charge in [-0.15, -0.1) is 0 Å². The maximum Gasteiger partial charge on any atom is 0.365 e. The minimum absolute atomic E-state index is 0.362. The van der Waals surface area contributed by atoms with E-state index in [-0.39, 0.29) is 6.61 Å². The van der Waals surface area contributed by atoms with Crippen molar-refractivity contribution in [2.75, 3.05) is 46.8 Å². The summed E-state index contributed by atoms with van der Waals surface area (Å²) in [6, 6.07) is 0. The molecule has 2 amide bonds. The second-order valence-electron chi connectivity index (χ2n) is 26.3. The van der Waals surface area contributed by atoms with Crippen molar-refractivity contribution in [1.29, 1.82) is 0 Å². The Hall–Kier alpha value is -2.76. The van der Waals surface area contributed by atoms with Crippen LogP contribution >= 0.6 is 0 Å². The Kier molecular flexibility index (Phi) is 12.2. The fraction of sp³-hybridized carbons (Fsp3) is 0.923. The number of aliphatic hydroxyl groups excluding tert-OH is 2. The largest absolute Gasteiger partial charge is 0.544 e. The van der Waals surface area contributed by atoms with E-state index in [0.717, 1.165) is 0 Å². The van der Waals surface area contributed by atoms with Crippen LogP contribution < -0.4 is 15.7 Å². The van der Waals surface area contributed by atoms with Gasteiger partial charge in [-0.2, -0.15) is 0 Å². The van der Waals surface area contributed by atoms with Gasteiger partial charge in [0.1, 0.15) is 68.1 Å². The number of nitrogens with one attached hydrogen (secondary N) is 2. The van der Waals surface area contributed by atoms with Crippen molar-refractivity contribution < 1.29 is 107 Å². The van der Waals surface area contributed by atoms with E-state index in [0.29, 0.717) is 0 Å². The summed E-state index contributed by atoms with van der Waals surface area (Å²) in [5.74, 6) is -14.4. The zero-order valence-corrected chi connectivity index (χ0v) is 47.7. The third kappa shape index (κ3) is 5.48. The summed E-state index contributed by atoms with van der Waals surface area (Å²) < 4.78 is 63.3. The van der Waals surface area contributed by atoms with Gasteiger partial charge in [0.05, 0.1) is 67.0 Å². The number of methoxy groups -OCH3 is 1. The number of aliphatic carboxylic acids is 2. The van der Waals surface area contributed by atoms with Gasteiger partial charge in [-0.25, -0.2) is 4.79 Å². The molecular weight excluding hydrogens is 1000 g/mol. The highest BCUT2D eigenvalue weighted by atomic mass is 16.9. The summed E-state index contributed by atoms with van der Waals surface area (Å²) in [5, 5.41) is 102. The van der Waals surface area contributed by atoms with Gasteiger partial charge in [-0.1, -0.05) is 20.8 Å². The molecule has 76 heavy (non-hydrogen) atoms. The molecule has 0 aromatic rings. The first-order valence-corrected chi connectivity index (χ1v) is 25.8. The Bertz CT molecular complexity index is 2530. The van der Waals surface area contributed by atoms with Crippen LogP contribution in [0.25, 0.3) is 0 Å². The van der Waals surface area contributed by atoms with Gasteiger partial charge < -0.3 is 104 Å². The van der Waals surface area contributed by atoms with Crippen LogP contribution in [0.1, 0.15) is 132 Å². The minimum atomic E-state index is -2.75. The van der Waals surface area contributed by atoms with Crippen molar-refractivity contribution in [3.63, 3.8) is 0 Å². The first kappa shape index (κ1) is 59.4. The van der Waals surface area contributed by atoms with E-state index in [1.807, 2.05) is 6.92 Å². The summed E-state index contributed by atoms with van der Waals surface area (Å²) in [7, 11) is 1.25. The fourth-order valence-electron chi connectivity index (χ4n) is 16.8. The second kappa shape index (κ2) is 15.6. The monoisotopic (exact) mass is 1090 g/mol. The van der Waals surface area contributed by atoms with E-state index in [4.69, 9.17) is 47.4 Å². The van der Waals surface area contributed by atoms with Crippen molar-refractivity contribution >= 4 is 23.8 Å². The zero-order valence-electron chi connectivity index (χ0n) is 47.7. The maximum atomic E-state index is 13.7. The third-order valence-corrected chi connectivity index (χ3v) is 23.9. The first-order valence-electron chi connectivity index (χ1n) is 25.8. The molecule has 2 aliphatic carbocycles. The molecule has 2 saturated carbocycles. The predicted octanol–water partition coefficient (Wildman–Crippen LogP) is -1.13. The standard InChI is InChI=1S/C52H84N2O22/c1-27-37(8)39(10,53-28(2)57)35(6,71-49(27,21-55)41(37,12)63)25-68-24-34(5)46(17)44(15,66)48(19,76-52(34,74-46)32(61)62)70-30-38(9)40(11,54-29(3)58)36(7,72-50(30,22-56)42(38,13)64)26-69-23-33(4)45(16)43(14,65)47(18,67-20)75-51(33,73-45)31(59)60/h27,30,55-56,63-66H,21-26H2,1-20H3,(H,53,57)(H,54,58)(H,59,60)(H,61,62)/p-1/t27-,30-,33-,34-,35-,36-,37-,38-,39?,40?,41-,42-,43?,44?,45+,46+,47+,48+,49?,50?,51?,52?/m0/s1. The summed E-state index contributed by atoms with van der Waals surface area (Å²) in [4.78, 5) is 53.0. The van der Waals surface area contributed by atoms with Crippen LogP contribution in [0.3, 0.4) is 0 Å². The molecular formula is C52H83N2O22-. The van der Waals surface area contributed by atoms with Gasteiger partial charge in [-0.3, -0.25) is 9.59 Å². The van der Waals surface area contributed by atoms with Crippen LogP contribution in [0, 0.1) is 27.6 Å². The Morgan fingerprint density at radius 3 is 1.32 bits per heavy atom. The predicted molar refractivity (Wildman–Crippen MR) is 257 cm³/mol. The summed E-state index contributed by atoms with van der Waals surface area (Å²) in [6.07, 6.45) is -1.58. The molecule has 10 aliphatic heterocycles. The zero-order chi connectivity index (χ0) is 58.2. The molecule has 12 rings (SSSR count). The maximum absolute atomic E-state index is 13.7. The average Bonchev–Trinajstić information content (AvgIpc) is 3.29. The molecule has 12 fully saturated rings. The lowest BCUT2D eigenvalue weighted by molar-refractivity contribution is -0.610. The number of carbonyl (C=O) groups excluding carboxylic acids is 3. The first-order chi connectivity index (χ1) is 34.1. The van der Waals surface area contributed by atoms with E-state index < -0.39 is 181 Å². The van der Waals surface area contributed by atoms with Crippen molar-refractivity contribution in [2.45, 2.75) is 228 Å². The van der Waals surface area contributed by atoms with Crippen molar-refractivity contribution in [2.24, 2.45) is 27.6 Å². The third-order valence-electron chi connectivity index (χ3n) is 23.9. The van der Waals surface area contributed by atoms with Crippen LogP contribution in [0.15, 0.2) is 0 Å². The van der Waals surface area contributed by atoms with Crippen molar-refractivity contribution in [3.05, 3.63) is 0 Å². The van der Waals surface area contributed by atoms with E-state index in [1.54, 1.807) is 48.5 Å². The quantitative estimate of drug-likeness (QED) is 0.0832. The molecule has 24 nitrogen and oxygen atoms in total. The Morgan fingerprint density at radius 1 is 0.539 bits per heavy atom. The number of hydrogen-bond donors (Lipinski definition) is 9. The normalized spacial score (nSPS) is 59.2. The molecule has 8 bridgehead atoms. The molecule has 24 heteroatoms. The van der Waals surface area contributed by atoms with Crippen LogP contribution in [0.2, 0.25) is 0 Å². The number of ether oxygens (including phenoxy) is 10. The lowest BCUT2D eigenvalue weighted by Crippen LogP contribution is -3.01. The highest BCUT2D eigenvalue weighted by Crippen LogP contribution is 2.77. The van der Waals surface area contributed by atoms with E-state index in [1.165, 1.54) is 83.3 Å². The van der Waals surface area contributed by atoms with Gasteiger partial charge >= 0.3 is 5.97 Å². The van der Waals surface area contributed by atoms with Crippen LogP contribution in [-0.4, -0.2) is 203 Å². The van der Waals surface area contributed by atoms with Crippen LogP contribution in [-0.2, 0) is 66.5 Å². The highest BCUT2D eigenvalue weighted by Gasteiger charge is 2.94. The molecule has 0 aromatic carbocycles. The van der Waals surface area contributed by atoms with E-state index in [9.17, 15) is 60.0 Å². The van der Waals surface area contributed by atoms with Crippen molar-refractivity contribution in [1.82, 2.24) is 10.6 Å². The SMILES string of the molecule is CO[C@]1(C)OC2(C(=O)O)O[C@@](C)(C1(C)O)[C@]2(C)COC[C@]1(C)OC2(CO)[C@@H](O[C@]3(C)OC4(C(=O)[O-])O[C@@](C)(C3(C)O)[C@]4(C)COC[C@]3(C)OC4(CO)[C@@H](C)[C@@](C)(C3(C)NC(C)=O)[C@]4(C)O)[C@@](C)(C1(C)NC(C)=O)[C@]2(C)O. The molecule has 9 N–H and O–H groups in total. The van der Waals surface area contributed by atoms with Gasteiger partial charge in [0.2, 0.25) is 29.2 Å². The van der Waals surface area contributed by atoms with Gasteiger partial charge in [-0.05, 0) is 96.9 Å². The molecule has 12 aliphatic rings. The van der Waals surface area contributed by atoms with E-state index >= 15 is 0 Å². The summed E-state index contributed by atoms with van der Waals surface area (Å²) >= 11 is 0. The number of carboxylic acids is 2. The minimum Gasteiger partial charge on any atom is -0.544 e. The molecule has 0 aromatic heterocycles. The second-order valence-corrected chi connectivity index (χ2v) is 26.3. The Labute approximate surface area is 443 Å². The summed E-state index contributed by atoms with van der Waals surface area (Å²) in [6.45, 7) is 24.9. The number of carbonyl (C=O) groups is 4. The topological polar surface area (TPSA) is 349 Å². The molecule has 22 atom stereocenters. The number of hydrogen-bond acceptors (Lipinski definition) is 21. The lowest BCUT2D eigenvalue weighted by Gasteiger charge is -2.83. The average molecular weight is 1090 g/mol. The van der Waals surface area contributed by atoms with Crippen LogP contribution in [0.5, 0.6) is 0 Å². The fourth-order valence-corrected chi connectivity index (χ4v) is 16.8. The van der Waals surface area contributed by atoms with E-state index in [2.05, 4.69) is 10.6 Å². The van der Waals surface area contributed by atoms with Crippen molar-refractivity contribution in [3.8, 4) is 0 Å². The Balaban J connectivity index is 1.11. The molecule has 0 radical (unpaired) electrons. The molecule has 8 unspecified atom stereocenters. The highest BCUT2D eigenvalue weighted by molar-refractivity contribution is 5.80.